The van der Waals surface area contributed by atoms with Crippen LogP contribution in [0.1, 0.15) is 12.6 Å². The van der Waals surface area contributed by atoms with E-state index in [-0.39, 0.29) is 5.92 Å². The summed E-state index contributed by atoms with van der Waals surface area (Å²) in [6.07, 6.45) is 0. The summed E-state index contributed by atoms with van der Waals surface area (Å²) in [6, 6.07) is 1.96. The number of carboxylic acids is 1. The lowest BCUT2D eigenvalue weighted by atomic mass is 10.2. The Labute approximate surface area is 87.3 Å². The van der Waals surface area contributed by atoms with Gasteiger partial charge in [-0.2, -0.15) is 5.10 Å². The van der Waals surface area contributed by atoms with Gasteiger partial charge in [0, 0.05) is 12.8 Å². The molecule has 5 heteroatoms. The van der Waals surface area contributed by atoms with Crippen molar-refractivity contribution < 1.29 is 9.90 Å². The molecule has 0 aromatic carbocycles. The number of rotatable bonds is 4. The zero-order valence-electron chi connectivity index (χ0n) is 8.52. The highest BCUT2D eigenvalue weighted by Gasteiger charge is 2.12. The van der Waals surface area contributed by atoms with Crippen molar-refractivity contribution in [3.05, 3.63) is 11.8 Å². The number of carbonyl (C=O) groups is 1. The first-order valence-corrected chi connectivity index (χ1v) is 5.35. The van der Waals surface area contributed by atoms with E-state index >= 15 is 0 Å². The number of thioether (sulfide) groups is 1. The van der Waals surface area contributed by atoms with Crippen molar-refractivity contribution >= 4 is 17.7 Å². The number of hydrogen-bond donors (Lipinski definition) is 1. The highest BCUT2D eigenvalue weighted by Crippen LogP contribution is 2.20. The third kappa shape index (κ3) is 2.77. The monoisotopic (exact) mass is 214 g/mol. The molecule has 1 aromatic rings. The van der Waals surface area contributed by atoms with Gasteiger partial charge in [0.25, 0.3) is 0 Å². The smallest absolute Gasteiger partial charge is 0.307 e. The molecule has 1 aromatic heterocycles. The van der Waals surface area contributed by atoms with Crippen molar-refractivity contribution in [3.8, 4) is 0 Å². The summed E-state index contributed by atoms with van der Waals surface area (Å²) in [6.45, 7) is 3.63. The van der Waals surface area contributed by atoms with Gasteiger partial charge in [-0.05, 0) is 13.0 Å². The topological polar surface area (TPSA) is 55.1 Å². The van der Waals surface area contributed by atoms with E-state index in [9.17, 15) is 4.79 Å². The molecule has 0 aliphatic heterocycles. The molecule has 78 valence electrons. The first-order chi connectivity index (χ1) is 6.50. The molecule has 0 spiro atoms. The Morgan fingerprint density at radius 3 is 2.86 bits per heavy atom. The summed E-state index contributed by atoms with van der Waals surface area (Å²) < 4.78 is 1.77. The molecule has 0 aliphatic rings. The van der Waals surface area contributed by atoms with Crippen molar-refractivity contribution in [2.45, 2.75) is 18.9 Å². The molecule has 0 saturated heterocycles. The second kappa shape index (κ2) is 4.50. The lowest BCUT2D eigenvalue weighted by Crippen LogP contribution is -2.12. The maximum absolute atomic E-state index is 10.6. The van der Waals surface area contributed by atoms with Gasteiger partial charge in [0.05, 0.1) is 16.6 Å². The van der Waals surface area contributed by atoms with Crippen LogP contribution in [0.25, 0.3) is 0 Å². The number of aromatic nitrogens is 2. The summed E-state index contributed by atoms with van der Waals surface area (Å²) in [4.78, 5) is 10.6. The number of aliphatic carboxylic acids is 1. The van der Waals surface area contributed by atoms with Crippen LogP contribution in [0.15, 0.2) is 11.1 Å². The fraction of sp³-hybridized carbons (Fsp3) is 0.556. The maximum Gasteiger partial charge on any atom is 0.307 e. The summed E-state index contributed by atoms with van der Waals surface area (Å²) in [5.41, 5.74) is 0.956. The summed E-state index contributed by atoms with van der Waals surface area (Å²) >= 11 is 1.52. The second-order valence-electron chi connectivity index (χ2n) is 3.30. The summed E-state index contributed by atoms with van der Waals surface area (Å²) in [5.74, 6) is -0.500. The molecule has 1 unspecified atom stereocenters. The second-order valence-corrected chi connectivity index (χ2v) is 4.34. The zero-order valence-corrected chi connectivity index (χ0v) is 9.34. The van der Waals surface area contributed by atoms with E-state index in [2.05, 4.69) is 5.10 Å². The minimum Gasteiger partial charge on any atom is -0.481 e. The molecule has 0 saturated carbocycles. The Balaban J connectivity index is 2.53. The van der Waals surface area contributed by atoms with Gasteiger partial charge in [0.15, 0.2) is 0 Å². The van der Waals surface area contributed by atoms with E-state index in [1.165, 1.54) is 11.8 Å². The molecule has 0 amide bonds. The quantitative estimate of drug-likeness (QED) is 0.772. The van der Waals surface area contributed by atoms with Crippen LogP contribution in [0.2, 0.25) is 0 Å². The van der Waals surface area contributed by atoms with Crippen LogP contribution in [-0.2, 0) is 11.8 Å². The van der Waals surface area contributed by atoms with E-state index in [0.717, 1.165) is 10.7 Å². The van der Waals surface area contributed by atoms with Gasteiger partial charge in [0.2, 0.25) is 0 Å². The largest absolute Gasteiger partial charge is 0.481 e. The lowest BCUT2D eigenvalue weighted by molar-refractivity contribution is -0.140. The first-order valence-electron chi connectivity index (χ1n) is 4.37. The van der Waals surface area contributed by atoms with E-state index < -0.39 is 5.97 Å². The van der Waals surface area contributed by atoms with E-state index in [1.54, 1.807) is 11.6 Å². The molecule has 0 radical (unpaired) electrons. The molecular formula is C9H14N2O2S. The summed E-state index contributed by atoms with van der Waals surface area (Å²) in [5, 5.41) is 13.9. The number of hydrogen-bond acceptors (Lipinski definition) is 3. The molecular weight excluding hydrogens is 200 g/mol. The fourth-order valence-electron chi connectivity index (χ4n) is 1.00. The van der Waals surface area contributed by atoms with Crippen LogP contribution >= 0.6 is 11.8 Å². The van der Waals surface area contributed by atoms with Gasteiger partial charge in [-0.1, -0.05) is 6.92 Å². The number of nitrogens with zero attached hydrogens (tertiary/aromatic N) is 2. The predicted octanol–water partition coefficient (Wildman–Crippen LogP) is 1.54. The Morgan fingerprint density at radius 2 is 2.43 bits per heavy atom. The Hall–Kier alpha value is -0.970. The molecule has 1 rings (SSSR count). The summed E-state index contributed by atoms with van der Waals surface area (Å²) in [7, 11) is 1.86. The van der Waals surface area contributed by atoms with Gasteiger partial charge in [0.1, 0.15) is 0 Å². The molecule has 1 atom stereocenters. The molecule has 4 nitrogen and oxygen atoms in total. The minimum absolute atomic E-state index is 0.324. The lowest BCUT2D eigenvalue weighted by Gasteiger charge is -2.05. The van der Waals surface area contributed by atoms with Crippen molar-refractivity contribution in [1.82, 2.24) is 9.78 Å². The minimum atomic E-state index is -0.753. The SMILES string of the molecule is Cc1cc(SCC(C)C(=O)O)n(C)n1. The van der Waals surface area contributed by atoms with Crippen molar-refractivity contribution in [2.24, 2.45) is 13.0 Å². The molecule has 1 heterocycles. The van der Waals surface area contributed by atoms with Crippen molar-refractivity contribution in [1.29, 1.82) is 0 Å². The van der Waals surface area contributed by atoms with Gasteiger partial charge >= 0.3 is 5.97 Å². The van der Waals surface area contributed by atoms with Gasteiger partial charge in [-0.3, -0.25) is 9.48 Å². The fourth-order valence-corrected chi connectivity index (χ4v) is 2.05. The molecule has 1 N–H and O–H groups in total. The highest BCUT2D eigenvalue weighted by atomic mass is 32.2. The molecule has 14 heavy (non-hydrogen) atoms. The van der Waals surface area contributed by atoms with Gasteiger partial charge < -0.3 is 5.11 Å². The molecule has 0 aliphatic carbocycles. The van der Waals surface area contributed by atoms with Crippen LogP contribution in [0.4, 0.5) is 0 Å². The van der Waals surface area contributed by atoms with Crippen molar-refractivity contribution in [2.75, 3.05) is 5.75 Å². The normalized spacial score (nSPS) is 12.8. The molecule has 0 fully saturated rings. The predicted molar refractivity (Wildman–Crippen MR) is 55.5 cm³/mol. The standard InChI is InChI=1S/C9H14N2O2S/c1-6(9(12)13)5-14-8-4-7(2)10-11(8)3/h4,6H,5H2,1-3H3,(H,12,13). The Kier molecular flexibility index (Phi) is 3.57. The van der Waals surface area contributed by atoms with Crippen LogP contribution < -0.4 is 0 Å². The average molecular weight is 214 g/mol. The number of aryl methyl sites for hydroxylation is 2. The third-order valence-electron chi connectivity index (χ3n) is 1.86. The third-order valence-corrected chi connectivity index (χ3v) is 3.21. The average Bonchev–Trinajstić information content (AvgIpc) is 2.40. The van der Waals surface area contributed by atoms with Gasteiger partial charge in [-0.15, -0.1) is 11.8 Å². The van der Waals surface area contributed by atoms with E-state index in [0.29, 0.717) is 5.75 Å². The zero-order chi connectivity index (χ0) is 10.7. The Bertz CT molecular complexity index is 336. The Morgan fingerprint density at radius 1 is 1.79 bits per heavy atom. The van der Waals surface area contributed by atoms with Crippen LogP contribution in [0.3, 0.4) is 0 Å². The van der Waals surface area contributed by atoms with E-state index in [4.69, 9.17) is 5.11 Å². The van der Waals surface area contributed by atoms with Crippen LogP contribution in [0, 0.1) is 12.8 Å². The highest BCUT2D eigenvalue weighted by molar-refractivity contribution is 7.99. The maximum atomic E-state index is 10.6. The van der Waals surface area contributed by atoms with E-state index in [1.807, 2.05) is 20.0 Å². The van der Waals surface area contributed by atoms with Crippen LogP contribution in [-0.4, -0.2) is 26.6 Å². The van der Waals surface area contributed by atoms with Crippen LogP contribution in [0.5, 0.6) is 0 Å². The van der Waals surface area contributed by atoms with Gasteiger partial charge in [-0.25, -0.2) is 0 Å². The molecule has 0 bridgehead atoms. The number of carboxylic acid groups (broad SMARTS) is 1. The first kappa shape index (κ1) is 11.1. The van der Waals surface area contributed by atoms with Crippen molar-refractivity contribution in [3.63, 3.8) is 0 Å².